The molecule has 11 rings (SSSR count). The second-order valence-corrected chi connectivity index (χ2v) is 13.6. The summed E-state index contributed by atoms with van der Waals surface area (Å²) in [5, 5.41) is 12.2. The largest absolute Gasteiger partial charge is 0.256 e. The van der Waals surface area contributed by atoms with Gasteiger partial charge in [-0.3, -0.25) is 4.98 Å². The zero-order valence-corrected chi connectivity index (χ0v) is 28.1. The van der Waals surface area contributed by atoms with Crippen molar-refractivity contribution in [2.45, 2.75) is 0 Å². The van der Waals surface area contributed by atoms with E-state index < -0.39 is 0 Å². The van der Waals surface area contributed by atoms with Crippen molar-refractivity contribution in [3.05, 3.63) is 176 Å². The SMILES string of the molecule is c1ccc(-c2ccc(-c3ccc4ccc5ccc(-c6ccc7ccc8c(-c9ccc%10ccccc%10c9)ccc9ccc6c7c98)nc5c4n3)cc2)nc1. The maximum atomic E-state index is 5.37. The number of pyridine rings is 3. The van der Waals surface area contributed by atoms with E-state index in [2.05, 4.69) is 157 Å². The molecule has 0 bridgehead atoms. The van der Waals surface area contributed by atoms with Gasteiger partial charge in [0.05, 0.1) is 28.1 Å². The van der Waals surface area contributed by atoms with Crippen LogP contribution in [0.2, 0.25) is 0 Å². The van der Waals surface area contributed by atoms with E-state index in [0.717, 1.165) is 55.6 Å². The van der Waals surface area contributed by atoms with E-state index in [-0.39, 0.29) is 0 Å². The number of hydrogen-bond acceptors (Lipinski definition) is 3. The molecular weight excluding hydrogens is 631 g/mol. The van der Waals surface area contributed by atoms with Gasteiger partial charge in [-0.2, -0.15) is 0 Å². The molecule has 0 saturated carbocycles. The molecule has 0 fully saturated rings. The summed E-state index contributed by atoms with van der Waals surface area (Å²) in [7, 11) is 0. The van der Waals surface area contributed by atoms with E-state index in [4.69, 9.17) is 9.97 Å². The van der Waals surface area contributed by atoms with Crippen molar-refractivity contribution < 1.29 is 0 Å². The van der Waals surface area contributed by atoms with Crippen molar-refractivity contribution in [3.8, 4) is 44.9 Å². The average molecular weight is 660 g/mol. The standard InChI is InChI=1S/C49H29N3/c1-2-6-37-29-38(15-8-30(37)5-1)39-22-16-33-19-25-42-40(23-17-34-18-24-41(39)46(33)47(34)42)45-27-21-36-14-13-35-20-26-44(51-48(35)49(36)52-45)32-11-9-31(10-12-32)43-7-3-4-28-50-43/h1-29H. The Hall–Kier alpha value is -6.97. The lowest BCUT2D eigenvalue weighted by Gasteiger charge is -2.17. The van der Waals surface area contributed by atoms with Crippen LogP contribution in [0.3, 0.4) is 0 Å². The van der Waals surface area contributed by atoms with E-state index in [1.807, 2.05) is 24.4 Å². The Morgan fingerprint density at radius 2 is 0.827 bits per heavy atom. The third-order valence-corrected chi connectivity index (χ3v) is 10.7. The molecule has 3 heteroatoms. The van der Waals surface area contributed by atoms with E-state index in [0.29, 0.717) is 0 Å². The van der Waals surface area contributed by atoms with Crippen LogP contribution in [0.4, 0.5) is 0 Å². The minimum atomic E-state index is 0.906. The predicted molar refractivity (Wildman–Crippen MR) is 218 cm³/mol. The molecule has 11 aromatic rings. The van der Waals surface area contributed by atoms with Crippen LogP contribution in [0.15, 0.2) is 176 Å². The smallest absolute Gasteiger partial charge is 0.0972 e. The number of aromatic nitrogens is 3. The number of fused-ring (bicyclic) bond motifs is 4. The van der Waals surface area contributed by atoms with E-state index in [1.165, 1.54) is 54.2 Å². The Kier molecular flexibility index (Phi) is 6.25. The fourth-order valence-corrected chi connectivity index (χ4v) is 8.06. The Labute approximate surface area is 299 Å². The first kappa shape index (κ1) is 28.8. The first-order valence-electron chi connectivity index (χ1n) is 17.7. The number of nitrogens with zero attached hydrogens (tertiary/aromatic N) is 3. The quantitative estimate of drug-likeness (QED) is 0.177. The molecule has 3 heterocycles. The summed E-state index contributed by atoms with van der Waals surface area (Å²) in [5.74, 6) is 0. The average Bonchev–Trinajstić information content (AvgIpc) is 3.22. The maximum absolute atomic E-state index is 5.37. The molecule has 8 aromatic carbocycles. The van der Waals surface area contributed by atoms with Crippen LogP contribution in [0.5, 0.6) is 0 Å². The molecule has 0 spiro atoms. The third-order valence-electron chi connectivity index (χ3n) is 10.7. The molecule has 0 N–H and O–H groups in total. The molecular formula is C49H29N3. The monoisotopic (exact) mass is 659 g/mol. The van der Waals surface area contributed by atoms with Crippen molar-refractivity contribution in [3.63, 3.8) is 0 Å². The van der Waals surface area contributed by atoms with Crippen LogP contribution < -0.4 is 0 Å². The number of benzene rings is 8. The predicted octanol–water partition coefficient (Wildman–Crippen LogP) is 12.9. The lowest BCUT2D eigenvalue weighted by molar-refractivity contribution is 1.32. The van der Waals surface area contributed by atoms with Gasteiger partial charge in [0.2, 0.25) is 0 Å². The zero-order valence-electron chi connectivity index (χ0n) is 28.1. The van der Waals surface area contributed by atoms with Gasteiger partial charge in [-0.05, 0) is 84.5 Å². The fraction of sp³-hybridized carbons (Fsp3) is 0. The van der Waals surface area contributed by atoms with Gasteiger partial charge in [-0.25, -0.2) is 9.97 Å². The lowest BCUT2D eigenvalue weighted by Crippen LogP contribution is -1.93. The van der Waals surface area contributed by atoms with E-state index in [1.54, 1.807) is 0 Å². The minimum absolute atomic E-state index is 0.906. The molecule has 0 unspecified atom stereocenters. The Balaban J connectivity index is 1.06. The van der Waals surface area contributed by atoms with Crippen LogP contribution in [0, 0.1) is 0 Å². The molecule has 3 aromatic heterocycles. The second kappa shape index (κ2) is 11.3. The number of rotatable bonds is 4. The highest BCUT2D eigenvalue weighted by molar-refractivity contribution is 6.27. The normalized spacial score (nSPS) is 11.8. The first-order valence-corrected chi connectivity index (χ1v) is 17.7. The van der Waals surface area contributed by atoms with Crippen LogP contribution in [0.1, 0.15) is 0 Å². The van der Waals surface area contributed by atoms with Crippen molar-refractivity contribution in [1.82, 2.24) is 15.0 Å². The summed E-state index contributed by atoms with van der Waals surface area (Å²) in [5.41, 5.74) is 10.4. The molecule has 0 aliphatic rings. The van der Waals surface area contributed by atoms with Gasteiger partial charge in [0.1, 0.15) is 0 Å². The van der Waals surface area contributed by atoms with Gasteiger partial charge >= 0.3 is 0 Å². The van der Waals surface area contributed by atoms with Crippen LogP contribution in [-0.2, 0) is 0 Å². The van der Waals surface area contributed by atoms with E-state index in [9.17, 15) is 0 Å². The number of hydrogen-bond donors (Lipinski definition) is 0. The highest BCUT2D eigenvalue weighted by atomic mass is 14.8. The van der Waals surface area contributed by atoms with Gasteiger partial charge in [0.15, 0.2) is 0 Å². The van der Waals surface area contributed by atoms with E-state index >= 15 is 0 Å². The van der Waals surface area contributed by atoms with Gasteiger partial charge in [-0.1, -0.05) is 140 Å². The van der Waals surface area contributed by atoms with Gasteiger partial charge in [0, 0.05) is 33.7 Å². The molecule has 240 valence electrons. The minimum Gasteiger partial charge on any atom is -0.256 e. The van der Waals surface area contributed by atoms with Crippen LogP contribution in [-0.4, -0.2) is 15.0 Å². The van der Waals surface area contributed by atoms with Gasteiger partial charge in [-0.15, -0.1) is 0 Å². The van der Waals surface area contributed by atoms with Gasteiger partial charge in [0.25, 0.3) is 0 Å². The molecule has 0 aliphatic heterocycles. The fourth-order valence-electron chi connectivity index (χ4n) is 8.06. The summed E-state index contributed by atoms with van der Waals surface area (Å²) >= 11 is 0. The maximum Gasteiger partial charge on any atom is 0.0972 e. The summed E-state index contributed by atoms with van der Waals surface area (Å²) < 4.78 is 0. The molecule has 0 radical (unpaired) electrons. The summed E-state index contributed by atoms with van der Waals surface area (Å²) in [4.78, 5) is 15.1. The summed E-state index contributed by atoms with van der Waals surface area (Å²) in [6.45, 7) is 0. The second-order valence-electron chi connectivity index (χ2n) is 13.6. The summed E-state index contributed by atoms with van der Waals surface area (Å²) in [6.07, 6.45) is 1.83. The molecule has 0 amide bonds. The lowest BCUT2D eigenvalue weighted by atomic mass is 9.87. The van der Waals surface area contributed by atoms with Crippen molar-refractivity contribution in [2.24, 2.45) is 0 Å². The third kappa shape index (κ3) is 4.50. The Morgan fingerprint density at radius 1 is 0.308 bits per heavy atom. The van der Waals surface area contributed by atoms with Crippen molar-refractivity contribution in [2.75, 3.05) is 0 Å². The molecule has 52 heavy (non-hydrogen) atoms. The Morgan fingerprint density at radius 3 is 1.54 bits per heavy atom. The molecule has 0 aliphatic carbocycles. The molecule has 0 saturated heterocycles. The topological polar surface area (TPSA) is 38.7 Å². The van der Waals surface area contributed by atoms with Crippen molar-refractivity contribution in [1.29, 1.82) is 0 Å². The zero-order chi connectivity index (χ0) is 34.2. The highest BCUT2D eigenvalue weighted by Crippen LogP contribution is 2.43. The molecule has 0 atom stereocenters. The highest BCUT2D eigenvalue weighted by Gasteiger charge is 2.17. The van der Waals surface area contributed by atoms with Crippen molar-refractivity contribution >= 4 is 64.9 Å². The van der Waals surface area contributed by atoms with Crippen LogP contribution >= 0.6 is 0 Å². The molecule has 3 nitrogen and oxygen atoms in total. The van der Waals surface area contributed by atoms with Gasteiger partial charge < -0.3 is 0 Å². The summed E-state index contributed by atoms with van der Waals surface area (Å²) in [6, 6.07) is 60.8. The Bertz CT molecular complexity index is 3170. The van der Waals surface area contributed by atoms with Crippen LogP contribution in [0.25, 0.3) is 110 Å². The first-order chi connectivity index (χ1) is 25.7.